The van der Waals surface area contributed by atoms with Crippen LogP contribution in [0.25, 0.3) is 0 Å². The maximum Gasteiger partial charge on any atom is 0.338 e. The maximum absolute atomic E-state index is 11.6. The molecule has 3 nitrogen and oxygen atoms in total. The summed E-state index contributed by atoms with van der Waals surface area (Å²) in [6.45, 7) is 0. The zero-order chi connectivity index (χ0) is 15.2. The number of carbonyl (C=O) groups is 1. The average Bonchev–Trinajstić information content (AvgIpc) is 2.49. The molecule has 0 amide bonds. The number of carbonyl (C=O) groups excluding carboxylic acids is 1. The Balaban J connectivity index is 2.02. The Morgan fingerprint density at radius 2 is 1.95 bits per heavy atom. The lowest BCUT2D eigenvalue weighted by atomic mass is 10.2. The highest BCUT2D eigenvalue weighted by atomic mass is 35.5. The first-order valence-electron chi connectivity index (χ1n) is 6.00. The monoisotopic (exact) mass is 342 g/mol. The zero-order valence-corrected chi connectivity index (χ0v) is 13.5. The number of halogens is 2. The Kier molecular flexibility index (Phi) is 5.79. The number of thioether (sulfide) groups is 1. The van der Waals surface area contributed by atoms with Crippen LogP contribution in [0.3, 0.4) is 0 Å². The quantitative estimate of drug-likeness (QED) is 0.439. The molecule has 2 rings (SSSR count). The van der Waals surface area contributed by atoms with Crippen molar-refractivity contribution >= 4 is 40.9 Å². The summed E-state index contributed by atoms with van der Waals surface area (Å²) in [6, 6.07) is 12.2. The van der Waals surface area contributed by atoms with Crippen LogP contribution in [0.5, 0.6) is 5.75 Å². The van der Waals surface area contributed by atoms with E-state index in [1.165, 1.54) is 18.9 Å². The third kappa shape index (κ3) is 4.30. The van der Waals surface area contributed by atoms with E-state index < -0.39 is 0 Å². The fourth-order valence-electron chi connectivity index (χ4n) is 1.62. The van der Waals surface area contributed by atoms with Crippen LogP contribution in [-0.2, 0) is 4.74 Å². The van der Waals surface area contributed by atoms with Gasteiger partial charge in [0.05, 0.1) is 17.7 Å². The van der Waals surface area contributed by atoms with E-state index in [0.717, 1.165) is 4.90 Å². The van der Waals surface area contributed by atoms with Gasteiger partial charge < -0.3 is 9.47 Å². The highest BCUT2D eigenvalue weighted by Gasteiger charge is 2.11. The third-order valence-corrected chi connectivity index (χ3v) is 4.05. The smallest absolute Gasteiger partial charge is 0.338 e. The van der Waals surface area contributed by atoms with Crippen LogP contribution in [0.1, 0.15) is 10.4 Å². The predicted molar refractivity (Wildman–Crippen MR) is 85.6 cm³/mol. The normalized spacial score (nSPS) is 10.2. The van der Waals surface area contributed by atoms with Crippen LogP contribution >= 0.6 is 35.0 Å². The number of ether oxygens (including phenoxy) is 2. The molecule has 0 aliphatic heterocycles. The van der Waals surface area contributed by atoms with Crippen molar-refractivity contribution in [2.75, 3.05) is 13.0 Å². The molecule has 0 radical (unpaired) electrons. The van der Waals surface area contributed by atoms with Crippen LogP contribution in [0.15, 0.2) is 47.4 Å². The van der Waals surface area contributed by atoms with Gasteiger partial charge in [-0.05, 0) is 30.3 Å². The van der Waals surface area contributed by atoms with Crippen molar-refractivity contribution in [3.05, 3.63) is 58.1 Å². The molecule has 0 saturated carbocycles. The molecule has 0 aliphatic carbocycles. The van der Waals surface area contributed by atoms with Gasteiger partial charge >= 0.3 is 5.97 Å². The topological polar surface area (TPSA) is 35.5 Å². The molecule has 2 aromatic rings. The number of esters is 1. The molecule has 6 heteroatoms. The molecule has 2 aromatic carbocycles. The van der Waals surface area contributed by atoms with Gasteiger partial charge in [0.1, 0.15) is 11.7 Å². The van der Waals surface area contributed by atoms with E-state index >= 15 is 0 Å². The van der Waals surface area contributed by atoms with E-state index in [1.54, 1.807) is 30.3 Å². The minimum atomic E-state index is -0.373. The fraction of sp³-hybridized carbons (Fsp3) is 0.133. The number of rotatable bonds is 5. The molecular weight excluding hydrogens is 331 g/mol. The minimum Gasteiger partial charge on any atom is -0.481 e. The molecule has 0 fully saturated rings. The fourth-order valence-corrected chi connectivity index (χ4v) is 2.88. The molecule has 0 spiro atoms. The standard InChI is InChI=1S/C15H12Cl2O3S/c1-19-15(18)11-4-2-3-5-14(11)21-9-20-13-7-6-10(16)8-12(13)17/h2-8H,9H2,1H3. The van der Waals surface area contributed by atoms with E-state index in [4.69, 9.17) is 32.7 Å². The summed E-state index contributed by atoms with van der Waals surface area (Å²) in [5.74, 6) is 0.488. The first kappa shape index (κ1) is 16.0. The summed E-state index contributed by atoms with van der Waals surface area (Å²) in [5.41, 5.74) is 0.510. The largest absolute Gasteiger partial charge is 0.481 e. The van der Waals surface area contributed by atoms with Crippen LogP contribution in [-0.4, -0.2) is 19.0 Å². The van der Waals surface area contributed by atoms with E-state index in [1.807, 2.05) is 12.1 Å². The van der Waals surface area contributed by atoms with Gasteiger partial charge in [0, 0.05) is 9.92 Å². The summed E-state index contributed by atoms with van der Waals surface area (Å²) in [7, 11) is 1.35. The molecule has 0 aliphatic rings. The van der Waals surface area contributed by atoms with Crippen molar-refractivity contribution in [1.82, 2.24) is 0 Å². The van der Waals surface area contributed by atoms with Gasteiger partial charge in [0.15, 0.2) is 0 Å². The first-order valence-corrected chi connectivity index (χ1v) is 7.74. The van der Waals surface area contributed by atoms with Crippen molar-refractivity contribution in [3.63, 3.8) is 0 Å². The molecule has 110 valence electrons. The maximum atomic E-state index is 11.6. The van der Waals surface area contributed by atoms with Gasteiger partial charge in [-0.3, -0.25) is 0 Å². The van der Waals surface area contributed by atoms with Gasteiger partial charge in [0.25, 0.3) is 0 Å². The van der Waals surface area contributed by atoms with Gasteiger partial charge in [-0.1, -0.05) is 47.1 Å². The third-order valence-electron chi connectivity index (χ3n) is 2.62. The van der Waals surface area contributed by atoms with Gasteiger partial charge in [-0.25, -0.2) is 4.79 Å². The molecule has 0 unspecified atom stereocenters. The van der Waals surface area contributed by atoms with Crippen molar-refractivity contribution in [2.45, 2.75) is 4.90 Å². The van der Waals surface area contributed by atoms with Crippen LogP contribution in [0, 0.1) is 0 Å². The minimum absolute atomic E-state index is 0.315. The Morgan fingerprint density at radius 3 is 2.67 bits per heavy atom. The summed E-state index contributed by atoms with van der Waals surface area (Å²) in [4.78, 5) is 12.4. The lowest BCUT2D eigenvalue weighted by Crippen LogP contribution is -2.03. The van der Waals surface area contributed by atoms with Crippen molar-refractivity contribution < 1.29 is 14.3 Å². The van der Waals surface area contributed by atoms with Gasteiger partial charge in [-0.2, -0.15) is 0 Å². The van der Waals surface area contributed by atoms with Crippen LogP contribution in [0.4, 0.5) is 0 Å². The van der Waals surface area contributed by atoms with E-state index in [0.29, 0.717) is 27.3 Å². The molecule has 0 aromatic heterocycles. The summed E-state index contributed by atoms with van der Waals surface area (Å²) in [5, 5.41) is 1.00. The molecule has 0 saturated heterocycles. The lowest BCUT2D eigenvalue weighted by Gasteiger charge is -2.10. The van der Waals surface area contributed by atoms with Gasteiger partial charge in [0.2, 0.25) is 0 Å². The predicted octanol–water partition coefficient (Wildman–Crippen LogP) is 4.91. The average molecular weight is 343 g/mol. The molecule has 21 heavy (non-hydrogen) atoms. The molecule has 0 bridgehead atoms. The van der Waals surface area contributed by atoms with Crippen LogP contribution in [0.2, 0.25) is 10.0 Å². The summed E-state index contributed by atoms with van der Waals surface area (Å²) < 4.78 is 10.3. The zero-order valence-electron chi connectivity index (χ0n) is 11.1. The van der Waals surface area contributed by atoms with E-state index in [-0.39, 0.29) is 5.97 Å². The second kappa shape index (κ2) is 7.59. The number of hydrogen-bond acceptors (Lipinski definition) is 4. The number of hydrogen-bond donors (Lipinski definition) is 0. The molecule has 0 atom stereocenters. The van der Waals surface area contributed by atoms with Crippen LogP contribution < -0.4 is 4.74 Å². The molecule has 0 heterocycles. The lowest BCUT2D eigenvalue weighted by molar-refractivity contribution is 0.0597. The Bertz CT molecular complexity index is 647. The Morgan fingerprint density at radius 1 is 1.19 bits per heavy atom. The van der Waals surface area contributed by atoms with Crippen molar-refractivity contribution in [2.24, 2.45) is 0 Å². The van der Waals surface area contributed by atoms with Gasteiger partial charge in [-0.15, -0.1) is 0 Å². The summed E-state index contributed by atoms with van der Waals surface area (Å²) >= 11 is 13.2. The molecular formula is C15H12Cl2O3S. The highest BCUT2D eigenvalue weighted by Crippen LogP contribution is 2.30. The van der Waals surface area contributed by atoms with E-state index in [9.17, 15) is 4.79 Å². The number of methoxy groups -OCH3 is 1. The summed E-state index contributed by atoms with van der Waals surface area (Å²) in [6.07, 6.45) is 0. The SMILES string of the molecule is COC(=O)c1ccccc1SCOc1ccc(Cl)cc1Cl. The van der Waals surface area contributed by atoms with Crippen molar-refractivity contribution in [3.8, 4) is 5.75 Å². The first-order chi connectivity index (χ1) is 10.1. The second-order valence-corrected chi connectivity index (χ2v) is 5.78. The van der Waals surface area contributed by atoms with E-state index in [2.05, 4.69) is 0 Å². The van der Waals surface area contributed by atoms with Crippen molar-refractivity contribution in [1.29, 1.82) is 0 Å². The number of benzene rings is 2. The Labute approximate surface area is 137 Å². The molecule has 0 N–H and O–H groups in total. The highest BCUT2D eigenvalue weighted by molar-refractivity contribution is 7.99. The second-order valence-electron chi connectivity index (χ2n) is 3.97. The Hall–Kier alpha value is -1.36.